The molecule has 0 bridgehead atoms. The van der Waals surface area contributed by atoms with Gasteiger partial charge in [-0.2, -0.15) is 0 Å². The summed E-state index contributed by atoms with van der Waals surface area (Å²) < 4.78 is 0.128. The smallest absolute Gasteiger partial charge is 0.0655 e. The highest BCUT2D eigenvalue weighted by Crippen LogP contribution is 2.48. The molecule has 0 aromatic rings. The molecular weight excluding hydrogens is 180 g/mol. The van der Waals surface area contributed by atoms with Gasteiger partial charge in [-0.05, 0) is 12.8 Å². The summed E-state index contributed by atoms with van der Waals surface area (Å²) in [5.41, 5.74) is 0. The Morgan fingerprint density at radius 1 is 1.00 bits per heavy atom. The SMILES string of the molecule is OCCC1(CCO)SCCS1. The first-order valence-corrected chi connectivity index (χ1v) is 5.80. The summed E-state index contributed by atoms with van der Waals surface area (Å²) in [5.74, 6) is 2.31. The fraction of sp³-hybridized carbons (Fsp3) is 1.00. The maximum Gasteiger partial charge on any atom is 0.0655 e. The Hall–Kier alpha value is 0.620. The first kappa shape index (κ1) is 9.71. The van der Waals surface area contributed by atoms with Crippen molar-refractivity contribution in [1.82, 2.24) is 0 Å². The van der Waals surface area contributed by atoms with Crippen molar-refractivity contribution < 1.29 is 10.2 Å². The van der Waals surface area contributed by atoms with Crippen LogP contribution >= 0.6 is 23.5 Å². The molecule has 4 heteroatoms. The molecule has 1 rings (SSSR count). The molecule has 1 heterocycles. The van der Waals surface area contributed by atoms with E-state index in [4.69, 9.17) is 10.2 Å². The standard InChI is InChI=1S/C7H14O2S2/c8-3-1-7(2-4-9)10-5-6-11-7/h8-9H,1-6H2. The minimum atomic E-state index is 0.128. The number of aliphatic hydroxyl groups is 2. The second-order valence-corrected chi connectivity index (χ2v) is 5.77. The Kier molecular flexibility index (Phi) is 4.06. The number of rotatable bonds is 4. The lowest BCUT2D eigenvalue weighted by atomic mass is 10.2. The van der Waals surface area contributed by atoms with E-state index in [0.29, 0.717) is 0 Å². The van der Waals surface area contributed by atoms with Crippen LogP contribution in [0.15, 0.2) is 0 Å². The average Bonchev–Trinajstić information content (AvgIpc) is 2.39. The summed E-state index contributed by atoms with van der Waals surface area (Å²) in [4.78, 5) is 0. The van der Waals surface area contributed by atoms with E-state index in [0.717, 1.165) is 24.3 Å². The number of thioether (sulfide) groups is 2. The van der Waals surface area contributed by atoms with Crippen LogP contribution in [0.2, 0.25) is 0 Å². The second-order valence-electron chi connectivity index (χ2n) is 2.55. The first-order valence-electron chi connectivity index (χ1n) is 3.83. The molecule has 1 aliphatic rings. The van der Waals surface area contributed by atoms with E-state index in [2.05, 4.69) is 0 Å². The van der Waals surface area contributed by atoms with Gasteiger partial charge in [0.2, 0.25) is 0 Å². The lowest BCUT2D eigenvalue weighted by molar-refractivity contribution is 0.254. The molecule has 0 amide bonds. The van der Waals surface area contributed by atoms with E-state index in [1.807, 2.05) is 23.5 Å². The van der Waals surface area contributed by atoms with Gasteiger partial charge in [-0.15, -0.1) is 23.5 Å². The lowest BCUT2D eigenvalue weighted by Gasteiger charge is -2.24. The molecule has 0 aromatic heterocycles. The maximum atomic E-state index is 8.81. The Labute approximate surface area is 75.8 Å². The van der Waals surface area contributed by atoms with E-state index < -0.39 is 0 Å². The molecule has 1 saturated heterocycles. The molecule has 2 nitrogen and oxygen atoms in total. The minimum Gasteiger partial charge on any atom is -0.396 e. The minimum absolute atomic E-state index is 0.128. The lowest BCUT2D eigenvalue weighted by Crippen LogP contribution is -2.20. The van der Waals surface area contributed by atoms with Crippen LogP contribution in [0.25, 0.3) is 0 Å². The zero-order chi connectivity index (χ0) is 8.16. The third-order valence-corrected chi connectivity index (χ3v) is 5.45. The van der Waals surface area contributed by atoms with Crippen LogP contribution in [-0.2, 0) is 0 Å². The predicted octanol–water partition coefficient (Wildman–Crippen LogP) is 0.927. The highest BCUT2D eigenvalue weighted by atomic mass is 32.2. The van der Waals surface area contributed by atoms with Gasteiger partial charge in [0.25, 0.3) is 0 Å². The van der Waals surface area contributed by atoms with E-state index in [-0.39, 0.29) is 17.3 Å². The molecule has 0 aliphatic carbocycles. The fourth-order valence-corrected chi connectivity index (χ4v) is 4.44. The summed E-state index contributed by atoms with van der Waals surface area (Å²) in [6.45, 7) is 0.472. The van der Waals surface area contributed by atoms with Crippen molar-refractivity contribution in [3.63, 3.8) is 0 Å². The summed E-state index contributed by atoms with van der Waals surface area (Å²) >= 11 is 3.76. The van der Waals surface area contributed by atoms with Crippen molar-refractivity contribution in [3.05, 3.63) is 0 Å². The van der Waals surface area contributed by atoms with Gasteiger partial charge in [-0.3, -0.25) is 0 Å². The summed E-state index contributed by atoms with van der Waals surface area (Å²) in [6, 6.07) is 0. The van der Waals surface area contributed by atoms with Gasteiger partial charge in [0.05, 0.1) is 4.08 Å². The van der Waals surface area contributed by atoms with Gasteiger partial charge >= 0.3 is 0 Å². The van der Waals surface area contributed by atoms with Crippen LogP contribution < -0.4 is 0 Å². The fourth-order valence-electron chi connectivity index (χ4n) is 1.25. The number of aliphatic hydroxyl groups excluding tert-OH is 2. The van der Waals surface area contributed by atoms with Crippen LogP contribution in [-0.4, -0.2) is 39.0 Å². The quantitative estimate of drug-likeness (QED) is 0.698. The van der Waals surface area contributed by atoms with Gasteiger partial charge in [0.15, 0.2) is 0 Å². The summed E-state index contributed by atoms with van der Waals surface area (Å²) in [5, 5.41) is 17.6. The topological polar surface area (TPSA) is 40.5 Å². The van der Waals surface area contributed by atoms with Crippen LogP contribution in [0.4, 0.5) is 0 Å². The van der Waals surface area contributed by atoms with Crippen LogP contribution in [0.5, 0.6) is 0 Å². The second kappa shape index (κ2) is 4.60. The van der Waals surface area contributed by atoms with Crippen LogP contribution in [0.1, 0.15) is 12.8 Å². The third kappa shape index (κ3) is 2.54. The number of hydrogen-bond acceptors (Lipinski definition) is 4. The summed E-state index contributed by atoms with van der Waals surface area (Å²) in [7, 11) is 0. The highest BCUT2D eigenvalue weighted by molar-refractivity contribution is 8.21. The monoisotopic (exact) mass is 194 g/mol. The van der Waals surface area contributed by atoms with Crippen molar-refractivity contribution in [2.75, 3.05) is 24.7 Å². The van der Waals surface area contributed by atoms with E-state index in [9.17, 15) is 0 Å². The zero-order valence-corrected chi connectivity index (χ0v) is 8.09. The Morgan fingerprint density at radius 2 is 1.45 bits per heavy atom. The summed E-state index contributed by atoms with van der Waals surface area (Å²) in [6.07, 6.45) is 1.62. The molecule has 0 aromatic carbocycles. The molecule has 2 N–H and O–H groups in total. The van der Waals surface area contributed by atoms with Crippen LogP contribution in [0.3, 0.4) is 0 Å². The molecule has 0 unspecified atom stereocenters. The molecular formula is C7H14O2S2. The van der Waals surface area contributed by atoms with Crippen molar-refractivity contribution in [1.29, 1.82) is 0 Å². The molecule has 1 fully saturated rings. The van der Waals surface area contributed by atoms with E-state index >= 15 is 0 Å². The molecule has 0 spiro atoms. The maximum absolute atomic E-state index is 8.81. The molecule has 0 radical (unpaired) electrons. The van der Waals surface area contributed by atoms with Crippen LogP contribution in [0, 0.1) is 0 Å². The third-order valence-electron chi connectivity index (χ3n) is 1.80. The van der Waals surface area contributed by atoms with Gasteiger partial charge in [-0.25, -0.2) is 0 Å². The predicted molar refractivity (Wildman–Crippen MR) is 51.1 cm³/mol. The van der Waals surface area contributed by atoms with Gasteiger partial charge in [0, 0.05) is 24.7 Å². The molecule has 66 valence electrons. The van der Waals surface area contributed by atoms with Crippen molar-refractivity contribution in [2.45, 2.75) is 16.9 Å². The number of hydrogen-bond donors (Lipinski definition) is 2. The van der Waals surface area contributed by atoms with Crippen molar-refractivity contribution in [2.24, 2.45) is 0 Å². The van der Waals surface area contributed by atoms with Crippen molar-refractivity contribution >= 4 is 23.5 Å². The Morgan fingerprint density at radius 3 is 1.82 bits per heavy atom. The molecule has 0 atom stereocenters. The Bertz CT molecular complexity index is 105. The van der Waals surface area contributed by atoms with Crippen molar-refractivity contribution in [3.8, 4) is 0 Å². The van der Waals surface area contributed by atoms with Gasteiger partial charge < -0.3 is 10.2 Å². The first-order chi connectivity index (χ1) is 5.33. The largest absolute Gasteiger partial charge is 0.396 e. The molecule has 1 aliphatic heterocycles. The van der Waals surface area contributed by atoms with Gasteiger partial charge in [-0.1, -0.05) is 0 Å². The highest BCUT2D eigenvalue weighted by Gasteiger charge is 2.34. The zero-order valence-electron chi connectivity index (χ0n) is 6.45. The van der Waals surface area contributed by atoms with E-state index in [1.54, 1.807) is 0 Å². The molecule has 0 saturated carbocycles. The molecule has 11 heavy (non-hydrogen) atoms. The Balaban J connectivity index is 2.40. The van der Waals surface area contributed by atoms with E-state index in [1.165, 1.54) is 0 Å². The average molecular weight is 194 g/mol. The normalized spacial score (nSPS) is 22.4. The van der Waals surface area contributed by atoms with Gasteiger partial charge in [0.1, 0.15) is 0 Å².